The first-order valence-electron chi connectivity index (χ1n) is 14.3. The average Bonchev–Trinajstić information content (AvgIpc) is 2.99. The second-order valence-electron chi connectivity index (χ2n) is 11.7. The van der Waals surface area contributed by atoms with E-state index in [2.05, 4.69) is 5.32 Å². The van der Waals surface area contributed by atoms with Crippen LogP contribution in [-0.4, -0.2) is 65.0 Å². The summed E-state index contributed by atoms with van der Waals surface area (Å²) in [4.78, 5) is 65.9. The van der Waals surface area contributed by atoms with Crippen molar-refractivity contribution < 1.29 is 33.8 Å². The summed E-state index contributed by atoms with van der Waals surface area (Å²) in [5, 5.41) is 11.9. The molecule has 0 spiro atoms. The monoisotopic (exact) mass is 579 g/mol. The smallest absolute Gasteiger partial charge is 0.407 e. The highest BCUT2D eigenvalue weighted by Crippen LogP contribution is 2.30. The van der Waals surface area contributed by atoms with E-state index in [1.54, 1.807) is 31.2 Å². The van der Waals surface area contributed by atoms with Gasteiger partial charge in [-0.3, -0.25) is 19.2 Å². The topological polar surface area (TPSA) is 133 Å². The third-order valence-electron chi connectivity index (χ3n) is 6.87. The Hall–Kier alpha value is -4.21. The molecular formula is C32H41N3O7. The number of anilines is 1. The fourth-order valence-corrected chi connectivity index (χ4v) is 4.84. The molecule has 10 nitrogen and oxygen atoms in total. The van der Waals surface area contributed by atoms with Gasteiger partial charge in [0.2, 0.25) is 0 Å². The van der Waals surface area contributed by atoms with Gasteiger partial charge in [0, 0.05) is 18.7 Å². The molecule has 0 saturated heterocycles. The van der Waals surface area contributed by atoms with Crippen molar-refractivity contribution in [2.24, 2.45) is 0 Å². The summed E-state index contributed by atoms with van der Waals surface area (Å²) in [5.41, 5.74) is 2.78. The molecule has 0 atom stereocenters. The van der Waals surface area contributed by atoms with E-state index in [1.165, 1.54) is 4.90 Å². The third-order valence-corrected chi connectivity index (χ3v) is 6.87. The van der Waals surface area contributed by atoms with E-state index in [-0.39, 0.29) is 24.2 Å². The summed E-state index contributed by atoms with van der Waals surface area (Å²) in [6.45, 7) is 9.13. The number of carbonyl (C=O) groups is 5. The number of benzene rings is 2. The van der Waals surface area contributed by atoms with Crippen molar-refractivity contribution in [3.63, 3.8) is 0 Å². The molecule has 0 aromatic heterocycles. The van der Waals surface area contributed by atoms with Crippen LogP contribution in [0.5, 0.6) is 0 Å². The third kappa shape index (κ3) is 8.89. The number of imide groups is 1. The van der Waals surface area contributed by atoms with Gasteiger partial charge < -0.3 is 20.1 Å². The Morgan fingerprint density at radius 3 is 2.36 bits per heavy atom. The molecule has 1 aliphatic heterocycles. The average molecular weight is 580 g/mol. The van der Waals surface area contributed by atoms with E-state index in [0.29, 0.717) is 24.1 Å². The molecular weight excluding hydrogens is 538 g/mol. The molecule has 4 amide bonds. The first-order chi connectivity index (χ1) is 19.8. The lowest BCUT2D eigenvalue weighted by Gasteiger charge is -2.22. The van der Waals surface area contributed by atoms with E-state index < -0.39 is 41.9 Å². The van der Waals surface area contributed by atoms with Crippen LogP contribution in [0.1, 0.15) is 90.3 Å². The summed E-state index contributed by atoms with van der Waals surface area (Å²) in [6, 6.07) is 10.5. The molecule has 1 heterocycles. The molecule has 0 saturated carbocycles. The Kier molecular flexibility index (Phi) is 10.9. The van der Waals surface area contributed by atoms with Gasteiger partial charge in [0.15, 0.2) is 0 Å². The lowest BCUT2D eigenvalue weighted by Crippen LogP contribution is -2.43. The Labute approximate surface area is 247 Å². The van der Waals surface area contributed by atoms with Gasteiger partial charge in [-0.25, -0.2) is 9.69 Å². The van der Waals surface area contributed by atoms with Crippen LogP contribution < -0.4 is 10.2 Å². The summed E-state index contributed by atoms with van der Waals surface area (Å²) >= 11 is 0. The van der Waals surface area contributed by atoms with E-state index in [0.717, 1.165) is 41.7 Å². The van der Waals surface area contributed by atoms with E-state index >= 15 is 0 Å². The number of nitrogens with zero attached hydrogens (tertiary/aromatic N) is 2. The largest absolute Gasteiger partial charge is 0.481 e. The Bertz CT molecular complexity index is 1350. The molecule has 2 aromatic carbocycles. The maximum Gasteiger partial charge on any atom is 0.407 e. The predicted octanol–water partition coefficient (Wildman–Crippen LogP) is 5.03. The number of unbranched alkanes of at least 4 members (excludes halogenated alkanes) is 3. The standard InChI is InChI=1S/C32H41N3O7/c1-21-11-13-24(22(2)18-21)30(40)35-26-14-12-23(10-8-6-7-9-16-33-31(41)42-32(3,4)5)19-25(26)29(39)34(20-27(35)36)17-15-28(37)38/h11-14,18-19H,6-10,15-17,20H2,1-5H3,(H,33,41)(H,37,38). The van der Waals surface area contributed by atoms with Gasteiger partial charge >= 0.3 is 12.1 Å². The molecule has 0 unspecified atom stereocenters. The molecule has 1 aliphatic rings. The first-order valence-corrected chi connectivity index (χ1v) is 14.3. The van der Waals surface area contributed by atoms with Crippen LogP contribution in [0.4, 0.5) is 10.5 Å². The molecule has 0 aliphatic carbocycles. The fraction of sp³-hybridized carbons (Fsp3) is 0.469. The second kappa shape index (κ2) is 14.1. The fourth-order valence-electron chi connectivity index (χ4n) is 4.84. The number of fused-ring (bicyclic) bond motifs is 1. The molecule has 0 radical (unpaired) electrons. The number of carboxylic acids is 1. The minimum Gasteiger partial charge on any atom is -0.481 e. The van der Waals surface area contributed by atoms with Crippen LogP contribution in [-0.2, 0) is 20.7 Å². The number of hydrogen-bond acceptors (Lipinski definition) is 6. The zero-order chi connectivity index (χ0) is 31.0. The number of carbonyl (C=O) groups excluding carboxylic acids is 4. The van der Waals surface area contributed by atoms with Crippen LogP contribution in [0.3, 0.4) is 0 Å². The van der Waals surface area contributed by atoms with Crippen molar-refractivity contribution in [2.45, 2.75) is 78.7 Å². The summed E-state index contributed by atoms with van der Waals surface area (Å²) < 4.78 is 5.23. The number of aliphatic carboxylic acids is 1. The van der Waals surface area contributed by atoms with Crippen molar-refractivity contribution in [3.05, 3.63) is 64.2 Å². The predicted molar refractivity (Wildman–Crippen MR) is 159 cm³/mol. The molecule has 10 heteroatoms. The first kappa shape index (κ1) is 32.3. The van der Waals surface area contributed by atoms with Crippen molar-refractivity contribution in [3.8, 4) is 0 Å². The minimum absolute atomic E-state index is 0.146. The van der Waals surface area contributed by atoms with Crippen LogP contribution in [0.2, 0.25) is 0 Å². The number of hydrogen-bond donors (Lipinski definition) is 2. The van der Waals surface area contributed by atoms with Crippen molar-refractivity contribution in [2.75, 3.05) is 24.5 Å². The molecule has 42 heavy (non-hydrogen) atoms. The second-order valence-corrected chi connectivity index (χ2v) is 11.7. The highest BCUT2D eigenvalue weighted by atomic mass is 16.6. The Morgan fingerprint density at radius 2 is 1.69 bits per heavy atom. The van der Waals surface area contributed by atoms with Gasteiger partial charge in [-0.2, -0.15) is 0 Å². The van der Waals surface area contributed by atoms with Gasteiger partial charge in [-0.05, 0) is 83.2 Å². The Balaban J connectivity index is 1.74. The molecule has 3 rings (SSSR count). The van der Waals surface area contributed by atoms with Crippen LogP contribution in [0.25, 0.3) is 0 Å². The summed E-state index contributed by atoms with van der Waals surface area (Å²) in [5.74, 6) is -2.69. The molecule has 226 valence electrons. The van der Waals surface area contributed by atoms with Crippen LogP contribution >= 0.6 is 0 Å². The summed E-state index contributed by atoms with van der Waals surface area (Å²) in [6.07, 6.45) is 3.37. The number of carboxylic acid groups (broad SMARTS) is 1. The van der Waals surface area contributed by atoms with Gasteiger partial charge in [-0.1, -0.05) is 36.6 Å². The SMILES string of the molecule is Cc1ccc(C(=O)N2C(=O)CN(CCC(=O)O)C(=O)c3cc(CCCCCCNC(=O)OC(C)(C)C)ccc32)c(C)c1. The Morgan fingerprint density at radius 1 is 0.976 bits per heavy atom. The molecule has 2 aromatic rings. The maximum absolute atomic E-state index is 13.7. The molecule has 2 N–H and O–H groups in total. The zero-order valence-electron chi connectivity index (χ0n) is 25.1. The number of rotatable bonds is 11. The lowest BCUT2D eigenvalue weighted by atomic mass is 10.0. The van der Waals surface area contributed by atoms with Gasteiger partial charge in [0.05, 0.1) is 17.7 Å². The van der Waals surface area contributed by atoms with Crippen molar-refractivity contribution in [1.82, 2.24) is 10.2 Å². The number of nitrogens with one attached hydrogen (secondary N) is 1. The molecule has 0 fully saturated rings. The van der Waals surface area contributed by atoms with E-state index in [1.807, 2.05) is 39.8 Å². The number of alkyl carbamates (subject to hydrolysis) is 1. The lowest BCUT2D eigenvalue weighted by molar-refractivity contribution is -0.137. The van der Waals surface area contributed by atoms with E-state index in [4.69, 9.17) is 4.74 Å². The highest BCUT2D eigenvalue weighted by molar-refractivity contribution is 6.25. The normalized spacial score (nSPS) is 13.5. The zero-order valence-corrected chi connectivity index (χ0v) is 25.1. The van der Waals surface area contributed by atoms with Crippen molar-refractivity contribution >= 4 is 35.5 Å². The number of aryl methyl sites for hydroxylation is 3. The van der Waals surface area contributed by atoms with E-state index in [9.17, 15) is 29.1 Å². The number of amides is 4. The van der Waals surface area contributed by atoms with Crippen LogP contribution in [0.15, 0.2) is 36.4 Å². The van der Waals surface area contributed by atoms with Crippen LogP contribution in [0, 0.1) is 13.8 Å². The van der Waals surface area contributed by atoms with Gasteiger partial charge in [-0.15, -0.1) is 0 Å². The minimum atomic E-state index is -1.09. The van der Waals surface area contributed by atoms with Gasteiger partial charge in [0.1, 0.15) is 12.1 Å². The highest BCUT2D eigenvalue weighted by Gasteiger charge is 2.36. The quantitative estimate of drug-likeness (QED) is 0.282. The maximum atomic E-state index is 13.7. The molecule has 0 bridgehead atoms. The number of ether oxygens (including phenoxy) is 1. The summed E-state index contributed by atoms with van der Waals surface area (Å²) in [7, 11) is 0. The van der Waals surface area contributed by atoms with Gasteiger partial charge in [0.25, 0.3) is 17.7 Å². The van der Waals surface area contributed by atoms with Crippen molar-refractivity contribution in [1.29, 1.82) is 0 Å².